The van der Waals surface area contributed by atoms with E-state index in [4.69, 9.17) is 4.74 Å². The summed E-state index contributed by atoms with van der Waals surface area (Å²) in [5, 5.41) is -0.0926. The zero-order chi connectivity index (χ0) is 5.70. The largest absolute Gasteiger partial charge is 0.483 e. The van der Waals surface area contributed by atoms with Crippen molar-refractivity contribution in [2.75, 3.05) is 0 Å². The van der Waals surface area contributed by atoms with Crippen LogP contribution in [0.4, 0.5) is 0 Å². The first kappa shape index (κ1) is 6.76. The van der Waals surface area contributed by atoms with Gasteiger partial charge in [-0.3, -0.25) is 0 Å². The van der Waals surface area contributed by atoms with Crippen LogP contribution in [0.2, 0.25) is 0 Å². The summed E-state index contributed by atoms with van der Waals surface area (Å²) in [6, 6.07) is 0. The van der Waals surface area contributed by atoms with Crippen LogP contribution in [0.15, 0.2) is 25.5 Å². The van der Waals surface area contributed by atoms with Crippen molar-refractivity contribution in [3.8, 4) is 0 Å². The van der Waals surface area contributed by atoms with Gasteiger partial charge in [0.1, 0.15) is 0 Å². The number of hydrogen-bond acceptors (Lipinski definition) is 1. The van der Waals surface area contributed by atoms with E-state index in [1.165, 1.54) is 6.26 Å². The van der Waals surface area contributed by atoms with Crippen LogP contribution >= 0.6 is 15.9 Å². The van der Waals surface area contributed by atoms with E-state index in [1.54, 1.807) is 6.08 Å². The Hall–Kier alpha value is -0.240. The van der Waals surface area contributed by atoms with Crippen LogP contribution in [0.25, 0.3) is 0 Å². The molecule has 0 aromatic rings. The van der Waals surface area contributed by atoms with Gasteiger partial charge < -0.3 is 4.74 Å². The molecule has 1 atom stereocenters. The molecule has 0 aliphatic carbocycles. The lowest BCUT2D eigenvalue weighted by atomic mass is 10.7. The van der Waals surface area contributed by atoms with Gasteiger partial charge in [0.25, 0.3) is 0 Å². The van der Waals surface area contributed by atoms with E-state index in [-0.39, 0.29) is 5.01 Å². The van der Waals surface area contributed by atoms with Gasteiger partial charge in [-0.2, -0.15) is 0 Å². The smallest absolute Gasteiger partial charge is 0.170 e. The van der Waals surface area contributed by atoms with Crippen molar-refractivity contribution in [1.29, 1.82) is 0 Å². The van der Waals surface area contributed by atoms with E-state index in [1.807, 2.05) is 0 Å². The molecule has 0 aromatic heterocycles. The summed E-state index contributed by atoms with van der Waals surface area (Å²) < 4.78 is 4.75. The molecule has 0 aliphatic rings. The van der Waals surface area contributed by atoms with E-state index in [9.17, 15) is 0 Å². The van der Waals surface area contributed by atoms with E-state index in [0.717, 1.165) is 0 Å². The van der Waals surface area contributed by atoms with Crippen LogP contribution < -0.4 is 0 Å². The lowest BCUT2D eigenvalue weighted by molar-refractivity contribution is 0.268. The molecular weight excluding hydrogens is 156 g/mol. The number of halogens is 1. The molecule has 0 rings (SSSR count). The molecule has 0 N–H and O–H groups in total. The molecule has 40 valence electrons. The van der Waals surface area contributed by atoms with Crippen molar-refractivity contribution < 1.29 is 4.74 Å². The third-order valence-corrected chi connectivity index (χ3v) is 1.00. The Morgan fingerprint density at radius 1 is 1.57 bits per heavy atom. The molecule has 0 fully saturated rings. The van der Waals surface area contributed by atoms with Crippen LogP contribution in [0.1, 0.15) is 0 Å². The first-order valence-corrected chi connectivity index (χ1v) is 2.76. The predicted molar refractivity (Wildman–Crippen MR) is 34.2 cm³/mol. The van der Waals surface area contributed by atoms with E-state index in [0.29, 0.717) is 0 Å². The van der Waals surface area contributed by atoms with Crippen LogP contribution in [0, 0.1) is 0 Å². The predicted octanol–water partition coefficient (Wildman–Crippen LogP) is 2.05. The average molecular weight is 163 g/mol. The highest BCUT2D eigenvalue weighted by molar-refractivity contribution is 9.09. The first-order valence-electron chi connectivity index (χ1n) is 1.84. The Morgan fingerprint density at radius 2 is 2.14 bits per heavy atom. The summed E-state index contributed by atoms with van der Waals surface area (Å²) in [5.41, 5.74) is 0. The molecule has 0 aromatic carbocycles. The summed E-state index contributed by atoms with van der Waals surface area (Å²) >= 11 is 3.13. The molecule has 0 saturated heterocycles. The lowest BCUT2D eigenvalue weighted by Gasteiger charge is -1.99. The maximum atomic E-state index is 4.75. The van der Waals surface area contributed by atoms with Gasteiger partial charge >= 0.3 is 0 Å². The molecular formula is C5H7BrO. The van der Waals surface area contributed by atoms with Gasteiger partial charge in [-0.25, -0.2) is 0 Å². The molecule has 7 heavy (non-hydrogen) atoms. The van der Waals surface area contributed by atoms with Crippen LogP contribution in [-0.4, -0.2) is 5.01 Å². The summed E-state index contributed by atoms with van der Waals surface area (Å²) in [4.78, 5) is 0. The number of hydrogen-bond donors (Lipinski definition) is 0. The minimum Gasteiger partial charge on any atom is -0.483 e. The van der Waals surface area contributed by atoms with Crippen molar-refractivity contribution >= 4 is 15.9 Å². The monoisotopic (exact) mass is 162 g/mol. The van der Waals surface area contributed by atoms with Gasteiger partial charge in [0.15, 0.2) is 5.01 Å². The quantitative estimate of drug-likeness (QED) is 0.351. The summed E-state index contributed by atoms with van der Waals surface area (Å²) in [6.07, 6.45) is 2.99. The van der Waals surface area contributed by atoms with Crippen molar-refractivity contribution in [2.45, 2.75) is 5.01 Å². The van der Waals surface area contributed by atoms with Gasteiger partial charge in [0, 0.05) is 0 Å². The molecule has 1 unspecified atom stereocenters. The first-order chi connectivity index (χ1) is 3.31. The number of alkyl halides is 1. The van der Waals surface area contributed by atoms with Crippen LogP contribution in [0.3, 0.4) is 0 Å². The number of ether oxygens (including phenoxy) is 1. The second-order valence-electron chi connectivity index (χ2n) is 0.890. The molecule has 0 radical (unpaired) electrons. The maximum Gasteiger partial charge on any atom is 0.170 e. The summed E-state index contributed by atoms with van der Waals surface area (Å²) in [5.74, 6) is 0. The molecule has 0 heterocycles. The van der Waals surface area contributed by atoms with E-state index < -0.39 is 0 Å². The van der Waals surface area contributed by atoms with Crippen molar-refractivity contribution in [3.05, 3.63) is 25.5 Å². The van der Waals surface area contributed by atoms with Gasteiger partial charge in [-0.15, -0.1) is 0 Å². The van der Waals surface area contributed by atoms with Crippen molar-refractivity contribution in [1.82, 2.24) is 0 Å². The van der Waals surface area contributed by atoms with Crippen molar-refractivity contribution in [2.24, 2.45) is 0 Å². The third kappa shape index (κ3) is 3.59. The Morgan fingerprint density at radius 3 is 2.29 bits per heavy atom. The summed E-state index contributed by atoms with van der Waals surface area (Å²) in [6.45, 7) is 6.81. The van der Waals surface area contributed by atoms with Crippen LogP contribution in [0.5, 0.6) is 0 Å². The Bertz CT molecular complexity index is 70.5. The zero-order valence-corrected chi connectivity index (χ0v) is 5.52. The van der Waals surface area contributed by atoms with Gasteiger partial charge in [-0.1, -0.05) is 13.2 Å². The Balaban J connectivity index is 3.15. The Labute approximate surface area is 51.8 Å². The van der Waals surface area contributed by atoms with Crippen LogP contribution in [-0.2, 0) is 4.74 Å². The topological polar surface area (TPSA) is 9.23 Å². The molecule has 0 aliphatic heterocycles. The molecule has 0 spiro atoms. The molecule has 0 amide bonds. The fourth-order valence-electron chi connectivity index (χ4n) is 0.147. The Kier molecular flexibility index (Phi) is 3.80. The highest BCUT2D eigenvalue weighted by Gasteiger charge is 1.88. The summed E-state index contributed by atoms with van der Waals surface area (Å²) in [7, 11) is 0. The highest BCUT2D eigenvalue weighted by Crippen LogP contribution is 2.00. The molecule has 0 bridgehead atoms. The SMILES string of the molecule is C=COC(Br)C=C. The fraction of sp³-hybridized carbons (Fsp3) is 0.200. The normalized spacial score (nSPS) is 12.1. The molecule has 0 saturated carbocycles. The molecule has 1 nitrogen and oxygen atoms in total. The maximum absolute atomic E-state index is 4.75. The second kappa shape index (κ2) is 3.93. The van der Waals surface area contributed by atoms with Gasteiger partial charge in [0.05, 0.1) is 6.26 Å². The zero-order valence-electron chi connectivity index (χ0n) is 3.93. The second-order valence-corrected chi connectivity index (χ2v) is 1.79. The fourth-order valence-corrected chi connectivity index (χ4v) is 0.300. The van der Waals surface area contributed by atoms with E-state index in [2.05, 4.69) is 29.1 Å². The third-order valence-electron chi connectivity index (χ3n) is 0.412. The minimum absolute atomic E-state index is 0.0926. The van der Waals surface area contributed by atoms with Gasteiger partial charge in [-0.05, 0) is 22.0 Å². The lowest BCUT2D eigenvalue weighted by Crippen LogP contribution is -1.90. The highest BCUT2D eigenvalue weighted by atomic mass is 79.9. The molecule has 2 heteroatoms. The van der Waals surface area contributed by atoms with Crippen molar-refractivity contribution in [3.63, 3.8) is 0 Å². The number of rotatable bonds is 3. The van der Waals surface area contributed by atoms with E-state index >= 15 is 0 Å². The van der Waals surface area contributed by atoms with Gasteiger partial charge in [0.2, 0.25) is 0 Å². The standard InChI is InChI=1S/C5H7BrO/c1-3-5(6)7-4-2/h3-5H,1-2H2. The average Bonchev–Trinajstić information content (AvgIpc) is 1.68. The minimum atomic E-state index is -0.0926.